The molecule has 1 N–H and O–H groups in total. The quantitative estimate of drug-likeness (QED) is 0.608. The maximum absolute atomic E-state index is 12.8. The van der Waals surface area contributed by atoms with E-state index < -0.39 is 0 Å². The lowest BCUT2D eigenvalue weighted by Crippen LogP contribution is -2.28. The van der Waals surface area contributed by atoms with E-state index in [0.29, 0.717) is 18.0 Å². The van der Waals surface area contributed by atoms with Crippen LogP contribution in [-0.4, -0.2) is 18.4 Å². The van der Waals surface area contributed by atoms with Crippen molar-refractivity contribution in [2.75, 3.05) is 16.8 Å². The molecule has 5 nitrogen and oxygen atoms in total. The molecule has 1 fully saturated rings. The molecule has 3 aromatic carbocycles. The molecular formula is C26H26N2O3. The minimum atomic E-state index is -0.378. The summed E-state index contributed by atoms with van der Waals surface area (Å²) in [6, 6.07) is 21.1. The Labute approximate surface area is 182 Å². The van der Waals surface area contributed by atoms with E-state index in [1.54, 1.807) is 17.0 Å². The van der Waals surface area contributed by atoms with E-state index in [1.807, 2.05) is 69.3 Å². The third-order valence-corrected chi connectivity index (χ3v) is 5.52. The third kappa shape index (κ3) is 4.77. The lowest BCUT2D eigenvalue weighted by atomic mass is 10.1. The highest BCUT2D eigenvalue weighted by Crippen LogP contribution is 2.29. The van der Waals surface area contributed by atoms with E-state index in [1.165, 1.54) is 5.56 Å². The van der Waals surface area contributed by atoms with Gasteiger partial charge in [-0.3, -0.25) is 9.59 Å². The number of anilines is 2. The van der Waals surface area contributed by atoms with Crippen LogP contribution in [0.4, 0.5) is 11.4 Å². The molecule has 0 bridgehead atoms. The Kier molecular flexibility index (Phi) is 5.76. The van der Waals surface area contributed by atoms with Gasteiger partial charge in [-0.05, 0) is 68.8 Å². The number of hydrogen-bond donors (Lipinski definition) is 1. The van der Waals surface area contributed by atoms with Gasteiger partial charge < -0.3 is 15.0 Å². The molecule has 1 aliphatic rings. The van der Waals surface area contributed by atoms with Gasteiger partial charge in [0.05, 0.1) is 5.92 Å². The van der Waals surface area contributed by atoms with Crippen molar-refractivity contribution in [1.82, 2.24) is 0 Å². The molecule has 0 aromatic heterocycles. The van der Waals surface area contributed by atoms with E-state index in [4.69, 9.17) is 4.74 Å². The van der Waals surface area contributed by atoms with Crippen LogP contribution in [0.3, 0.4) is 0 Å². The van der Waals surface area contributed by atoms with Crippen LogP contribution < -0.4 is 15.0 Å². The Bertz CT molecular complexity index is 1100. The predicted molar refractivity (Wildman–Crippen MR) is 123 cm³/mol. The molecule has 0 saturated carbocycles. The van der Waals surface area contributed by atoms with Gasteiger partial charge in [0.2, 0.25) is 11.8 Å². The van der Waals surface area contributed by atoms with Gasteiger partial charge in [-0.1, -0.05) is 35.4 Å². The fraction of sp³-hybridized carbons (Fsp3) is 0.231. The molecule has 158 valence electrons. The summed E-state index contributed by atoms with van der Waals surface area (Å²) in [5.74, 6) is 0.913. The third-order valence-electron chi connectivity index (χ3n) is 5.52. The van der Waals surface area contributed by atoms with Crippen molar-refractivity contribution >= 4 is 23.2 Å². The number of carbonyl (C=O) groups excluding carboxylic acids is 2. The van der Waals surface area contributed by atoms with Crippen molar-refractivity contribution in [3.05, 3.63) is 83.4 Å². The first-order valence-electron chi connectivity index (χ1n) is 10.4. The summed E-state index contributed by atoms with van der Waals surface area (Å²) >= 11 is 0. The Balaban J connectivity index is 1.38. The molecule has 1 saturated heterocycles. The summed E-state index contributed by atoms with van der Waals surface area (Å²) in [4.78, 5) is 27.0. The zero-order valence-electron chi connectivity index (χ0n) is 18.0. The van der Waals surface area contributed by atoms with E-state index in [9.17, 15) is 9.59 Å². The van der Waals surface area contributed by atoms with Crippen LogP contribution in [0.1, 0.15) is 23.1 Å². The minimum Gasteiger partial charge on any atom is -0.457 e. The number of nitrogens with zero attached hydrogens (tertiary/aromatic N) is 1. The van der Waals surface area contributed by atoms with Crippen LogP contribution in [0.2, 0.25) is 0 Å². The van der Waals surface area contributed by atoms with E-state index in [0.717, 1.165) is 22.6 Å². The molecule has 3 aromatic rings. The van der Waals surface area contributed by atoms with Gasteiger partial charge in [0.1, 0.15) is 11.5 Å². The molecule has 1 heterocycles. The summed E-state index contributed by atoms with van der Waals surface area (Å²) < 4.78 is 5.83. The van der Waals surface area contributed by atoms with Crippen LogP contribution in [-0.2, 0) is 9.59 Å². The van der Waals surface area contributed by atoms with Gasteiger partial charge >= 0.3 is 0 Å². The van der Waals surface area contributed by atoms with Crippen molar-refractivity contribution in [3.63, 3.8) is 0 Å². The average Bonchev–Trinajstić information content (AvgIpc) is 3.13. The van der Waals surface area contributed by atoms with E-state index >= 15 is 0 Å². The van der Waals surface area contributed by atoms with Crippen LogP contribution in [0, 0.1) is 26.7 Å². The van der Waals surface area contributed by atoms with E-state index in [-0.39, 0.29) is 24.2 Å². The first-order chi connectivity index (χ1) is 14.9. The highest BCUT2D eigenvalue weighted by Gasteiger charge is 2.35. The molecular weight excluding hydrogens is 388 g/mol. The average molecular weight is 415 g/mol. The standard InChI is InChI=1S/C26H26N2O3/c1-17-4-9-22(10-5-17)31-23-11-7-21(8-12-23)27-26(30)20-15-25(29)28(16-20)24-13-6-18(2)14-19(24)3/h4-14,20H,15-16H2,1-3H3,(H,27,30)/t20-/m1/s1. The van der Waals surface area contributed by atoms with Gasteiger partial charge in [-0.2, -0.15) is 0 Å². The Hall–Kier alpha value is -3.60. The van der Waals surface area contributed by atoms with Crippen LogP contribution in [0.25, 0.3) is 0 Å². The van der Waals surface area contributed by atoms with Gasteiger partial charge in [-0.25, -0.2) is 0 Å². The summed E-state index contributed by atoms with van der Waals surface area (Å²) in [7, 11) is 0. The zero-order chi connectivity index (χ0) is 22.0. The van der Waals surface area contributed by atoms with Crippen molar-refractivity contribution < 1.29 is 14.3 Å². The van der Waals surface area contributed by atoms with Crippen molar-refractivity contribution in [2.24, 2.45) is 5.92 Å². The number of hydrogen-bond acceptors (Lipinski definition) is 3. The van der Waals surface area contributed by atoms with Crippen molar-refractivity contribution in [2.45, 2.75) is 27.2 Å². The van der Waals surface area contributed by atoms with Crippen LogP contribution in [0.15, 0.2) is 66.7 Å². The normalized spacial score (nSPS) is 15.8. The molecule has 0 radical (unpaired) electrons. The summed E-state index contributed by atoms with van der Waals surface area (Å²) in [5, 5.41) is 2.93. The predicted octanol–water partition coefficient (Wildman–Crippen LogP) is 5.40. The van der Waals surface area contributed by atoms with E-state index in [2.05, 4.69) is 11.4 Å². The zero-order valence-corrected chi connectivity index (χ0v) is 18.0. The number of rotatable bonds is 5. The number of amides is 2. The molecule has 4 rings (SSSR count). The second-order valence-corrected chi connectivity index (χ2v) is 8.12. The topological polar surface area (TPSA) is 58.6 Å². The van der Waals surface area contributed by atoms with Crippen molar-refractivity contribution in [3.8, 4) is 11.5 Å². The lowest BCUT2D eigenvalue weighted by molar-refractivity contribution is -0.122. The lowest BCUT2D eigenvalue weighted by Gasteiger charge is -2.19. The Morgan fingerprint density at radius 3 is 2.16 bits per heavy atom. The van der Waals surface area contributed by atoms with Crippen LogP contribution >= 0.6 is 0 Å². The molecule has 5 heteroatoms. The maximum atomic E-state index is 12.8. The second-order valence-electron chi connectivity index (χ2n) is 8.12. The highest BCUT2D eigenvalue weighted by atomic mass is 16.5. The van der Waals surface area contributed by atoms with Gasteiger partial charge in [-0.15, -0.1) is 0 Å². The SMILES string of the molecule is Cc1ccc(Oc2ccc(NC(=O)[C@@H]3CC(=O)N(c4ccc(C)cc4C)C3)cc2)cc1. The fourth-order valence-electron chi connectivity index (χ4n) is 3.82. The number of carbonyl (C=O) groups is 2. The summed E-state index contributed by atoms with van der Waals surface area (Å²) in [6.45, 7) is 6.43. The smallest absolute Gasteiger partial charge is 0.229 e. The molecule has 0 aliphatic carbocycles. The summed E-state index contributed by atoms with van der Waals surface area (Å²) in [5.41, 5.74) is 4.92. The number of benzene rings is 3. The summed E-state index contributed by atoms with van der Waals surface area (Å²) in [6.07, 6.45) is 0.216. The van der Waals surface area contributed by atoms with Gasteiger partial charge in [0, 0.05) is 24.3 Å². The highest BCUT2D eigenvalue weighted by molar-refractivity contribution is 6.03. The molecule has 0 spiro atoms. The Morgan fingerprint density at radius 2 is 1.52 bits per heavy atom. The largest absolute Gasteiger partial charge is 0.457 e. The van der Waals surface area contributed by atoms with Crippen LogP contribution in [0.5, 0.6) is 11.5 Å². The first-order valence-corrected chi connectivity index (χ1v) is 10.4. The molecule has 0 unspecified atom stereocenters. The molecule has 2 amide bonds. The maximum Gasteiger partial charge on any atom is 0.229 e. The number of ether oxygens (including phenoxy) is 1. The number of aryl methyl sites for hydroxylation is 3. The number of nitrogens with one attached hydrogen (secondary N) is 1. The fourth-order valence-corrected chi connectivity index (χ4v) is 3.82. The van der Waals surface area contributed by atoms with Gasteiger partial charge in [0.25, 0.3) is 0 Å². The second kappa shape index (κ2) is 8.64. The molecule has 1 aliphatic heterocycles. The Morgan fingerprint density at radius 1 is 0.903 bits per heavy atom. The monoisotopic (exact) mass is 414 g/mol. The molecule has 1 atom stereocenters. The molecule has 31 heavy (non-hydrogen) atoms. The first kappa shape index (κ1) is 20.7. The van der Waals surface area contributed by atoms with Crippen molar-refractivity contribution in [1.29, 1.82) is 0 Å². The van der Waals surface area contributed by atoms with Gasteiger partial charge in [0.15, 0.2) is 0 Å². The minimum absolute atomic E-state index is 0.0195.